The number of amides is 1. The maximum absolute atomic E-state index is 12.9. The molecule has 2 unspecified atom stereocenters. The lowest BCUT2D eigenvalue weighted by Crippen LogP contribution is -2.31. The van der Waals surface area contributed by atoms with Gasteiger partial charge in [0.05, 0.1) is 5.92 Å². The lowest BCUT2D eigenvalue weighted by molar-refractivity contribution is -0.143. The largest absolute Gasteiger partial charge is 0.481 e. The van der Waals surface area contributed by atoms with Crippen molar-refractivity contribution < 1.29 is 19.4 Å². The van der Waals surface area contributed by atoms with Gasteiger partial charge in [0.1, 0.15) is 6.61 Å². The Morgan fingerprint density at radius 2 is 1.52 bits per heavy atom. The highest BCUT2D eigenvalue weighted by Crippen LogP contribution is 2.45. The number of fused-ring (bicyclic) bond motifs is 3. The summed E-state index contributed by atoms with van der Waals surface area (Å²) < 4.78 is 5.78. The van der Waals surface area contributed by atoms with Gasteiger partial charge in [0.2, 0.25) is 0 Å². The quantitative estimate of drug-likeness (QED) is 0.744. The molecular formula is C26H29NO4. The number of likely N-dealkylation sites (tertiary alicyclic amines) is 1. The van der Waals surface area contributed by atoms with Gasteiger partial charge in [-0.05, 0) is 34.1 Å². The zero-order chi connectivity index (χ0) is 21.4. The Morgan fingerprint density at radius 1 is 0.903 bits per heavy atom. The molecule has 0 spiro atoms. The van der Waals surface area contributed by atoms with E-state index in [0.29, 0.717) is 12.5 Å². The van der Waals surface area contributed by atoms with Crippen LogP contribution in [-0.4, -0.2) is 41.8 Å². The van der Waals surface area contributed by atoms with E-state index in [2.05, 4.69) is 24.3 Å². The van der Waals surface area contributed by atoms with Crippen LogP contribution in [0.3, 0.4) is 0 Å². The Bertz CT molecular complexity index is 935. The lowest BCUT2D eigenvalue weighted by Gasteiger charge is -2.29. The van der Waals surface area contributed by atoms with E-state index in [1.807, 2.05) is 24.3 Å². The van der Waals surface area contributed by atoms with Crippen molar-refractivity contribution in [3.63, 3.8) is 0 Å². The molecule has 2 atom stereocenters. The van der Waals surface area contributed by atoms with Crippen LogP contribution >= 0.6 is 0 Å². The molecule has 2 fully saturated rings. The van der Waals surface area contributed by atoms with Crippen molar-refractivity contribution in [2.75, 3.05) is 19.7 Å². The molecular weight excluding hydrogens is 390 g/mol. The third-order valence-corrected chi connectivity index (χ3v) is 7.53. The first-order valence-electron chi connectivity index (χ1n) is 11.5. The molecule has 5 heteroatoms. The predicted octanol–water partition coefficient (Wildman–Crippen LogP) is 5.15. The summed E-state index contributed by atoms with van der Waals surface area (Å²) in [6.07, 6.45) is 5.33. The number of rotatable bonds is 4. The fourth-order valence-electron chi connectivity index (χ4n) is 5.96. The molecule has 1 saturated heterocycles. The minimum Gasteiger partial charge on any atom is -0.481 e. The second kappa shape index (κ2) is 8.37. The van der Waals surface area contributed by atoms with Gasteiger partial charge in [0, 0.05) is 19.0 Å². The average molecular weight is 420 g/mol. The van der Waals surface area contributed by atoms with Crippen LogP contribution in [0.2, 0.25) is 0 Å². The van der Waals surface area contributed by atoms with Crippen LogP contribution in [0.1, 0.15) is 49.1 Å². The number of carboxylic acids is 1. The van der Waals surface area contributed by atoms with E-state index >= 15 is 0 Å². The summed E-state index contributed by atoms with van der Waals surface area (Å²) in [6.45, 7) is 1.03. The van der Waals surface area contributed by atoms with Crippen LogP contribution in [-0.2, 0) is 9.53 Å². The lowest BCUT2D eigenvalue weighted by atomic mass is 9.75. The van der Waals surface area contributed by atoms with Crippen molar-refractivity contribution >= 4 is 12.1 Å². The highest BCUT2D eigenvalue weighted by atomic mass is 16.6. The standard InChI is InChI=1S/C26H29NO4/c28-25(29)23-15-27(14-22(23)17-8-2-1-3-9-17)26(30)31-16-24-20-12-6-4-10-18(20)19-11-5-7-13-21(19)24/h4-7,10-13,17,22-24H,1-3,8-9,14-16H2,(H,28,29). The first-order chi connectivity index (χ1) is 15.1. The molecule has 3 aliphatic rings. The van der Waals surface area contributed by atoms with Crippen LogP contribution in [0, 0.1) is 17.8 Å². The molecule has 31 heavy (non-hydrogen) atoms. The maximum Gasteiger partial charge on any atom is 0.409 e. The number of hydrogen-bond donors (Lipinski definition) is 1. The molecule has 0 radical (unpaired) electrons. The second-order valence-corrected chi connectivity index (χ2v) is 9.22. The van der Waals surface area contributed by atoms with Crippen molar-refractivity contribution in [3.05, 3.63) is 59.7 Å². The molecule has 0 aromatic heterocycles. The zero-order valence-corrected chi connectivity index (χ0v) is 17.7. The maximum atomic E-state index is 12.9. The van der Waals surface area contributed by atoms with Gasteiger partial charge in [0.25, 0.3) is 0 Å². The highest BCUT2D eigenvalue weighted by Gasteiger charge is 2.44. The summed E-state index contributed by atoms with van der Waals surface area (Å²) >= 11 is 0. The molecule has 1 aliphatic heterocycles. The topological polar surface area (TPSA) is 66.8 Å². The summed E-state index contributed by atoms with van der Waals surface area (Å²) in [5.41, 5.74) is 4.76. The van der Waals surface area contributed by atoms with Gasteiger partial charge < -0.3 is 14.7 Å². The highest BCUT2D eigenvalue weighted by molar-refractivity contribution is 5.79. The van der Waals surface area contributed by atoms with Crippen LogP contribution in [0.15, 0.2) is 48.5 Å². The molecule has 2 aromatic carbocycles. The van der Waals surface area contributed by atoms with E-state index in [0.717, 1.165) is 12.8 Å². The average Bonchev–Trinajstić information content (AvgIpc) is 3.39. The zero-order valence-electron chi connectivity index (χ0n) is 17.7. The summed E-state index contributed by atoms with van der Waals surface area (Å²) in [5.74, 6) is -0.809. The van der Waals surface area contributed by atoms with Crippen LogP contribution in [0.25, 0.3) is 11.1 Å². The van der Waals surface area contributed by atoms with Gasteiger partial charge >= 0.3 is 12.1 Å². The van der Waals surface area contributed by atoms with Gasteiger partial charge in [-0.15, -0.1) is 0 Å². The molecule has 1 saturated carbocycles. The number of aliphatic carboxylic acids is 1. The van der Waals surface area contributed by atoms with E-state index in [9.17, 15) is 14.7 Å². The predicted molar refractivity (Wildman–Crippen MR) is 118 cm³/mol. The first-order valence-corrected chi connectivity index (χ1v) is 11.5. The summed E-state index contributed by atoms with van der Waals surface area (Å²) in [7, 11) is 0. The van der Waals surface area contributed by atoms with Gasteiger partial charge in [-0.25, -0.2) is 4.79 Å². The van der Waals surface area contributed by atoms with Crippen molar-refractivity contribution in [2.24, 2.45) is 17.8 Å². The van der Waals surface area contributed by atoms with E-state index in [1.165, 1.54) is 41.5 Å². The van der Waals surface area contributed by atoms with Crippen molar-refractivity contribution in [3.8, 4) is 11.1 Å². The van der Waals surface area contributed by atoms with Crippen molar-refractivity contribution in [1.29, 1.82) is 0 Å². The summed E-state index contributed by atoms with van der Waals surface area (Å²) in [4.78, 5) is 26.4. The van der Waals surface area contributed by atoms with Crippen LogP contribution in [0.5, 0.6) is 0 Å². The monoisotopic (exact) mass is 419 g/mol. The van der Waals surface area contributed by atoms with Gasteiger partial charge in [0.15, 0.2) is 0 Å². The third kappa shape index (κ3) is 3.71. The molecule has 5 nitrogen and oxygen atoms in total. The molecule has 0 bridgehead atoms. The fraction of sp³-hybridized carbons (Fsp3) is 0.462. The van der Waals surface area contributed by atoms with Crippen LogP contribution in [0.4, 0.5) is 4.79 Å². The van der Waals surface area contributed by atoms with Crippen molar-refractivity contribution in [2.45, 2.75) is 38.0 Å². The van der Waals surface area contributed by atoms with E-state index in [-0.39, 0.29) is 31.1 Å². The Labute approximate surface area is 183 Å². The fourth-order valence-corrected chi connectivity index (χ4v) is 5.96. The molecule has 5 rings (SSSR count). The smallest absolute Gasteiger partial charge is 0.409 e. The molecule has 2 aromatic rings. The number of benzene rings is 2. The molecule has 1 heterocycles. The first kappa shape index (κ1) is 20.1. The van der Waals surface area contributed by atoms with Crippen molar-refractivity contribution in [1.82, 2.24) is 4.90 Å². The summed E-state index contributed by atoms with van der Waals surface area (Å²) in [5, 5.41) is 9.76. The third-order valence-electron chi connectivity index (χ3n) is 7.53. The number of carbonyl (C=O) groups excluding carboxylic acids is 1. The number of hydrogen-bond acceptors (Lipinski definition) is 3. The van der Waals surface area contributed by atoms with Crippen LogP contribution < -0.4 is 0 Å². The number of carbonyl (C=O) groups is 2. The minimum atomic E-state index is -0.787. The van der Waals surface area contributed by atoms with Gasteiger partial charge in [-0.3, -0.25) is 4.79 Å². The van der Waals surface area contributed by atoms with E-state index in [1.54, 1.807) is 4.90 Å². The second-order valence-electron chi connectivity index (χ2n) is 9.22. The summed E-state index contributed by atoms with van der Waals surface area (Å²) in [6, 6.07) is 16.5. The number of carboxylic acid groups (broad SMARTS) is 1. The number of ether oxygens (including phenoxy) is 1. The number of nitrogens with zero attached hydrogens (tertiary/aromatic N) is 1. The van der Waals surface area contributed by atoms with Gasteiger partial charge in [-0.1, -0.05) is 80.6 Å². The molecule has 2 aliphatic carbocycles. The van der Waals surface area contributed by atoms with E-state index < -0.39 is 11.9 Å². The molecule has 1 amide bonds. The Morgan fingerprint density at radius 3 is 2.13 bits per heavy atom. The molecule has 1 N–H and O–H groups in total. The van der Waals surface area contributed by atoms with Gasteiger partial charge in [-0.2, -0.15) is 0 Å². The normalized spacial score (nSPS) is 23.4. The van der Waals surface area contributed by atoms with E-state index in [4.69, 9.17) is 4.74 Å². The SMILES string of the molecule is O=C(O)C1CN(C(=O)OCC2c3ccccc3-c3ccccc32)CC1C1CCCCC1. The molecule has 162 valence electrons. The Hall–Kier alpha value is -2.82. The Balaban J connectivity index is 1.28. The Kier molecular flexibility index (Phi) is 5.43. The minimum absolute atomic E-state index is 0.0170.